The summed E-state index contributed by atoms with van der Waals surface area (Å²) in [6, 6.07) is 16.6. The number of aromatic hydroxyl groups is 1. The maximum absolute atomic E-state index is 11.6. The van der Waals surface area contributed by atoms with Crippen LogP contribution in [0.15, 0.2) is 98.6 Å². The van der Waals surface area contributed by atoms with Crippen molar-refractivity contribution in [3.63, 3.8) is 0 Å². The number of phenols is 1. The molecule has 0 amide bonds. The van der Waals surface area contributed by atoms with Crippen molar-refractivity contribution >= 4 is 17.9 Å². The zero-order valence-electron chi connectivity index (χ0n) is 27.7. The largest absolute Gasteiger partial charge is 0.507 e. The Kier molecular flexibility index (Phi) is 13.6. The Balaban J connectivity index is 1.71. The van der Waals surface area contributed by atoms with Crippen LogP contribution in [0.4, 0.5) is 0 Å². The van der Waals surface area contributed by atoms with Crippen molar-refractivity contribution < 1.29 is 52.6 Å². The normalized spacial score (nSPS) is 10.3. The Morgan fingerprint density at radius 1 is 0.588 bits per heavy atom. The van der Waals surface area contributed by atoms with Gasteiger partial charge in [-0.15, -0.1) is 0 Å². The highest BCUT2D eigenvalue weighted by Crippen LogP contribution is 2.36. The summed E-state index contributed by atoms with van der Waals surface area (Å²) in [5.74, 6) is 0.233. The summed E-state index contributed by atoms with van der Waals surface area (Å²) in [4.78, 5) is 48.3. The molecule has 0 atom stereocenters. The number of aromatic nitrogens is 3. The minimum Gasteiger partial charge on any atom is -0.507 e. The smallest absolute Gasteiger partial charge is 0.330 e. The van der Waals surface area contributed by atoms with Crippen LogP contribution in [0.3, 0.4) is 0 Å². The predicted molar refractivity (Wildman–Crippen MR) is 184 cm³/mol. The summed E-state index contributed by atoms with van der Waals surface area (Å²) in [5.41, 5.74) is 1.32. The Labute approximate surface area is 293 Å². The topological polar surface area (TPSA) is 175 Å². The van der Waals surface area contributed by atoms with E-state index in [-0.39, 0.29) is 74.2 Å². The lowest BCUT2D eigenvalue weighted by Crippen LogP contribution is -2.12. The third kappa shape index (κ3) is 10.9. The second kappa shape index (κ2) is 18.7. The van der Waals surface area contributed by atoms with E-state index >= 15 is 0 Å². The molecule has 0 saturated heterocycles. The van der Waals surface area contributed by atoms with Crippen molar-refractivity contribution in [2.24, 2.45) is 0 Å². The van der Waals surface area contributed by atoms with Crippen molar-refractivity contribution in [1.29, 1.82) is 0 Å². The summed E-state index contributed by atoms with van der Waals surface area (Å²) >= 11 is 0. The molecule has 14 nitrogen and oxygen atoms in total. The molecule has 51 heavy (non-hydrogen) atoms. The minimum atomic E-state index is -0.608. The molecule has 0 unspecified atom stereocenters. The van der Waals surface area contributed by atoms with E-state index in [2.05, 4.69) is 24.7 Å². The summed E-state index contributed by atoms with van der Waals surface area (Å²) in [5, 5.41) is 11.0. The highest BCUT2D eigenvalue weighted by Gasteiger charge is 2.19. The molecule has 0 aliphatic rings. The predicted octanol–water partition coefficient (Wildman–Crippen LogP) is 4.91. The first-order valence-electron chi connectivity index (χ1n) is 15.4. The maximum atomic E-state index is 11.6. The quantitative estimate of drug-likeness (QED) is 0.0605. The fourth-order valence-corrected chi connectivity index (χ4v) is 4.25. The van der Waals surface area contributed by atoms with Gasteiger partial charge in [-0.2, -0.15) is 0 Å². The summed E-state index contributed by atoms with van der Waals surface area (Å²) in [7, 11) is 1.55. The van der Waals surface area contributed by atoms with E-state index in [1.807, 2.05) is 0 Å². The van der Waals surface area contributed by atoms with Gasteiger partial charge in [-0.3, -0.25) is 0 Å². The SMILES string of the molecule is C=CC(=O)OCCOc1ccc(-c2nc(-c3ccc(OC)cc3)nc(-c3ccc(OCCOC(=O)C=C)cc3OCCOC(=O)C=C)n2)c(O)c1. The number of rotatable bonds is 19. The second-order valence-corrected chi connectivity index (χ2v) is 10.0. The molecule has 1 N–H and O–H groups in total. The van der Waals surface area contributed by atoms with Crippen LogP contribution in [-0.4, -0.2) is 84.7 Å². The number of ether oxygens (including phenoxy) is 7. The molecule has 4 aromatic rings. The first kappa shape index (κ1) is 37.1. The van der Waals surface area contributed by atoms with Crippen LogP contribution in [0.2, 0.25) is 0 Å². The van der Waals surface area contributed by atoms with Crippen LogP contribution in [0, 0.1) is 0 Å². The van der Waals surface area contributed by atoms with Gasteiger partial charge in [0.15, 0.2) is 17.5 Å². The monoisotopic (exact) mass is 697 g/mol. The van der Waals surface area contributed by atoms with Crippen LogP contribution < -0.4 is 18.9 Å². The number of methoxy groups -OCH3 is 1. The maximum Gasteiger partial charge on any atom is 0.330 e. The third-order valence-corrected chi connectivity index (χ3v) is 6.67. The highest BCUT2D eigenvalue weighted by atomic mass is 16.6. The van der Waals surface area contributed by atoms with Crippen molar-refractivity contribution in [3.05, 3.63) is 98.6 Å². The van der Waals surface area contributed by atoms with E-state index in [4.69, 9.17) is 43.1 Å². The zero-order valence-corrected chi connectivity index (χ0v) is 27.7. The van der Waals surface area contributed by atoms with E-state index in [1.165, 1.54) is 6.07 Å². The van der Waals surface area contributed by atoms with Crippen LogP contribution in [0.25, 0.3) is 34.2 Å². The number of carbonyl (C=O) groups excluding carboxylic acids is 3. The van der Waals surface area contributed by atoms with Crippen molar-refractivity contribution in [1.82, 2.24) is 15.0 Å². The first-order chi connectivity index (χ1) is 24.7. The van der Waals surface area contributed by atoms with Gasteiger partial charge in [0.2, 0.25) is 0 Å². The minimum absolute atomic E-state index is 0.0108. The van der Waals surface area contributed by atoms with Crippen molar-refractivity contribution in [3.8, 4) is 62.9 Å². The van der Waals surface area contributed by atoms with E-state index < -0.39 is 17.9 Å². The van der Waals surface area contributed by atoms with Gasteiger partial charge in [0.25, 0.3) is 0 Å². The zero-order chi connectivity index (χ0) is 36.6. The number of esters is 3. The molecule has 14 heteroatoms. The van der Waals surface area contributed by atoms with Gasteiger partial charge in [-0.05, 0) is 48.5 Å². The van der Waals surface area contributed by atoms with Gasteiger partial charge < -0.3 is 38.3 Å². The van der Waals surface area contributed by atoms with Gasteiger partial charge in [0.1, 0.15) is 68.4 Å². The van der Waals surface area contributed by atoms with Crippen LogP contribution in [-0.2, 0) is 28.6 Å². The number of phenolic OH excluding ortho intramolecular Hbond substituents is 1. The molecule has 1 aromatic heterocycles. The molecule has 0 spiro atoms. The lowest BCUT2D eigenvalue weighted by Gasteiger charge is -2.15. The van der Waals surface area contributed by atoms with E-state index in [0.717, 1.165) is 18.2 Å². The van der Waals surface area contributed by atoms with Gasteiger partial charge in [0.05, 0.1) is 18.2 Å². The van der Waals surface area contributed by atoms with Crippen LogP contribution >= 0.6 is 0 Å². The standard InChI is InChI=1S/C37H35N3O11/c1-5-32(42)49-19-16-46-26-12-14-28(30(41)22-26)36-38-35(24-8-10-25(45-4)11-9-24)39-37(40-36)29-15-13-27(47-17-20-50-33(43)6-2)23-31(29)48-18-21-51-34(44)7-3/h5-15,22-23,41H,1-3,16-21H2,4H3. The fourth-order valence-electron chi connectivity index (χ4n) is 4.25. The van der Waals surface area contributed by atoms with Gasteiger partial charge >= 0.3 is 17.9 Å². The number of carbonyl (C=O) groups is 3. The molecule has 4 rings (SSSR count). The lowest BCUT2D eigenvalue weighted by atomic mass is 10.1. The van der Waals surface area contributed by atoms with Crippen LogP contribution in [0.5, 0.6) is 28.7 Å². The number of nitrogens with zero attached hydrogens (tertiary/aromatic N) is 3. The molecule has 1 heterocycles. The summed E-state index contributed by atoms with van der Waals surface area (Å²) < 4.78 is 37.6. The van der Waals surface area contributed by atoms with Crippen LogP contribution in [0.1, 0.15) is 0 Å². The highest BCUT2D eigenvalue weighted by molar-refractivity contribution is 5.82. The van der Waals surface area contributed by atoms with Gasteiger partial charge in [-0.25, -0.2) is 29.3 Å². The van der Waals surface area contributed by atoms with Crippen molar-refractivity contribution in [2.45, 2.75) is 0 Å². The molecular formula is C37H35N3O11. The average Bonchev–Trinajstić information content (AvgIpc) is 3.16. The number of hydrogen-bond donors (Lipinski definition) is 1. The Bertz CT molecular complexity index is 1880. The molecule has 0 fully saturated rings. The molecule has 0 radical (unpaired) electrons. The molecule has 3 aromatic carbocycles. The Morgan fingerprint density at radius 2 is 1.04 bits per heavy atom. The molecule has 0 aliphatic heterocycles. The lowest BCUT2D eigenvalue weighted by molar-refractivity contribution is -0.139. The number of benzene rings is 3. The molecule has 0 bridgehead atoms. The Hall–Kier alpha value is -6.70. The summed E-state index contributed by atoms with van der Waals surface area (Å²) in [6.07, 6.45) is 3.15. The molecular weight excluding hydrogens is 662 g/mol. The molecule has 0 saturated carbocycles. The van der Waals surface area contributed by atoms with E-state index in [9.17, 15) is 19.5 Å². The first-order valence-corrected chi connectivity index (χ1v) is 15.4. The van der Waals surface area contributed by atoms with E-state index in [1.54, 1.807) is 61.7 Å². The second-order valence-electron chi connectivity index (χ2n) is 10.0. The Morgan fingerprint density at radius 3 is 1.55 bits per heavy atom. The van der Waals surface area contributed by atoms with Gasteiger partial charge in [0, 0.05) is 35.9 Å². The number of hydrogen-bond acceptors (Lipinski definition) is 14. The van der Waals surface area contributed by atoms with E-state index in [0.29, 0.717) is 28.4 Å². The molecule has 0 aliphatic carbocycles. The van der Waals surface area contributed by atoms with Crippen molar-refractivity contribution in [2.75, 3.05) is 46.8 Å². The summed E-state index contributed by atoms with van der Waals surface area (Å²) in [6.45, 7) is 10.0. The van der Waals surface area contributed by atoms with Gasteiger partial charge in [-0.1, -0.05) is 19.7 Å². The third-order valence-electron chi connectivity index (χ3n) is 6.67. The molecule has 264 valence electrons. The fraction of sp³-hybridized carbons (Fsp3) is 0.189. The average molecular weight is 698 g/mol.